The Kier molecular flexibility index (Phi) is 4.51. The van der Waals surface area contributed by atoms with Gasteiger partial charge in [-0.2, -0.15) is 4.80 Å². The number of tetrazole rings is 1. The number of para-hydroxylation sites is 1. The molecule has 0 fully saturated rings. The Morgan fingerprint density at radius 2 is 1.84 bits per heavy atom. The molecule has 0 saturated carbocycles. The molecule has 3 aromatic rings. The first kappa shape index (κ1) is 16.3. The van der Waals surface area contributed by atoms with Crippen molar-refractivity contribution in [3.8, 4) is 11.4 Å². The fourth-order valence-electron chi connectivity index (χ4n) is 2.24. The lowest BCUT2D eigenvalue weighted by Crippen LogP contribution is -2.20. The van der Waals surface area contributed by atoms with Crippen LogP contribution in [0.1, 0.15) is 15.9 Å². The minimum absolute atomic E-state index is 0.0549. The molecule has 0 aliphatic heterocycles. The van der Waals surface area contributed by atoms with Crippen LogP contribution in [0.25, 0.3) is 11.4 Å². The van der Waals surface area contributed by atoms with Gasteiger partial charge in [0.1, 0.15) is 6.54 Å². The third kappa shape index (κ3) is 3.86. The Hall–Kier alpha value is -3.55. The molecule has 8 nitrogen and oxygen atoms in total. The van der Waals surface area contributed by atoms with Crippen LogP contribution in [0.3, 0.4) is 0 Å². The van der Waals surface area contributed by atoms with E-state index in [2.05, 4.69) is 20.7 Å². The number of amides is 2. The number of rotatable bonds is 5. The number of anilines is 1. The number of hydrogen-bond donors (Lipinski definition) is 2. The van der Waals surface area contributed by atoms with E-state index in [1.165, 1.54) is 4.80 Å². The SMILES string of the molecule is Cc1ccccc1NC(=O)Cn1nnc(-c2ccc(C(N)=O)cc2)n1. The largest absolute Gasteiger partial charge is 0.366 e. The number of nitrogens with two attached hydrogens (primary N) is 1. The van der Waals surface area contributed by atoms with Gasteiger partial charge >= 0.3 is 0 Å². The highest BCUT2D eigenvalue weighted by molar-refractivity contribution is 5.93. The second-order valence-electron chi connectivity index (χ2n) is 5.45. The molecule has 1 aromatic heterocycles. The Bertz CT molecular complexity index is 917. The van der Waals surface area contributed by atoms with Crippen LogP contribution in [-0.2, 0) is 11.3 Å². The van der Waals surface area contributed by atoms with Gasteiger partial charge in [0, 0.05) is 16.8 Å². The van der Waals surface area contributed by atoms with E-state index >= 15 is 0 Å². The van der Waals surface area contributed by atoms with E-state index in [9.17, 15) is 9.59 Å². The zero-order valence-corrected chi connectivity index (χ0v) is 13.5. The maximum atomic E-state index is 12.1. The van der Waals surface area contributed by atoms with Crippen LogP contribution in [0.15, 0.2) is 48.5 Å². The molecule has 0 atom stereocenters. The van der Waals surface area contributed by atoms with E-state index in [4.69, 9.17) is 5.73 Å². The van der Waals surface area contributed by atoms with Crippen molar-refractivity contribution in [1.29, 1.82) is 0 Å². The molecule has 25 heavy (non-hydrogen) atoms. The summed E-state index contributed by atoms with van der Waals surface area (Å²) in [5, 5.41) is 14.8. The van der Waals surface area contributed by atoms with Gasteiger partial charge in [0.2, 0.25) is 17.6 Å². The molecule has 0 aliphatic carbocycles. The van der Waals surface area contributed by atoms with Gasteiger partial charge in [-0.3, -0.25) is 9.59 Å². The first-order valence-corrected chi connectivity index (χ1v) is 7.56. The van der Waals surface area contributed by atoms with Crippen molar-refractivity contribution < 1.29 is 9.59 Å². The van der Waals surface area contributed by atoms with Crippen molar-refractivity contribution in [3.05, 3.63) is 59.7 Å². The van der Waals surface area contributed by atoms with Gasteiger partial charge in [0.05, 0.1) is 0 Å². The third-order valence-corrected chi connectivity index (χ3v) is 3.58. The van der Waals surface area contributed by atoms with Gasteiger partial charge in [-0.15, -0.1) is 10.2 Å². The van der Waals surface area contributed by atoms with Gasteiger partial charge in [0.25, 0.3) is 0 Å². The fraction of sp³-hybridized carbons (Fsp3) is 0.118. The molecule has 3 rings (SSSR count). The summed E-state index contributed by atoms with van der Waals surface area (Å²) in [6, 6.07) is 14.0. The molecule has 3 N–H and O–H groups in total. The lowest BCUT2D eigenvalue weighted by molar-refractivity contribution is -0.117. The summed E-state index contributed by atoms with van der Waals surface area (Å²) >= 11 is 0. The van der Waals surface area contributed by atoms with Crippen LogP contribution < -0.4 is 11.1 Å². The van der Waals surface area contributed by atoms with Crippen LogP contribution >= 0.6 is 0 Å². The van der Waals surface area contributed by atoms with Crippen LogP contribution in [0, 0.1) is 6.92 Å². The summed E-state index contributed by atoms with van der Waals surface area (Å²) in [7, 11) is 0. The van der Waals surface area contributed by atoms with E-state index in [0.29, 0.717) is 17.0 Å². The summed E-state index contributed by atoms with van der Waals surface area (Å²) in [6.07, 6.45) is 0. The lowest BCUT2D eigenvalue weighted by Gasteiger charge is -2.07. The van der Waals surface area contributed by atoms with Gasteiger partial charge < -0.3 is 11.1 Å². The molecule has 0 saturated heterocycles. The van der Waals surface area contributed by atoms with Crippen molar-refractivity contribution in [2.75, 3.05) is 5.32 Å². The van der Waals surface area contributed by atoms with Crippen molar-refractivity contribution in [2.45, 2.75) is 13.5 Å². The molecule has 0 radical (unpaired) electrons. The number of primary amides is 1. The second-order valence-corrected chi connectivity index (χ2v) is 5.45. The van der Waals surface area contributed by atoms with Crippen LogP contribution in [-0.4, -0.2) is 32.0 Å². The summed E-state index contributed by atoms with van der Waals surface area (Å²) in [5.41, 5.74) is 7.99. The molecule has 126 valence electrons. The molecule has 1 heterocycles. The zero-order chi connectivity index (χ0) is 17.8. The second kappa shape index (κ2) is 6.91. The molecule has 0 unspecified atom stereocenters. The number of carbonyl (C=O) groups excluding carboxylic acids is 2. The van der Waals surface area contributed by atoms with Crippen molar-refractivity contribution in [1.82, 2.24) is 20.2 Å². The quantitative estimate of drug-likeness (QED) is 0.730. The topological polar surface area (TPSA) is 116 Å². The number of aromatic nitrogens is 4. The number of carbonyl (C=O) groups is 2. The Labute approximate surface area is 143 Å². The van der Waals surface area contributed by atoms with Crippen LogP contribution in [0.4, 0.5) is 5.69 Å². The molecular weight excluding hydrogens is 320 g/mol. The van der Waals surface area contributed by atoms with E-state index < -0.39 is 5.91 Å². The first-order chi connectivity index (χ1) is 12.0. The third-order valence-electron chi connectivity index (χ3n) is 3.58. The van der Waals surface area contributed by atoms with Crippen molar-refractivity contribution in [2.24, 2.45) is 5.73 Å². The number of benzene rings is 2. The van der Waals surface area contributed by atoms with Crippen molar-refractivity contribution in [3.63, 3.8) is 0 Å². The Morgan fingerprint density at radius 1 is 1.12 bits per heavy atom. The maximum absolute atomic E-state index is 12.1. The molecule has 2 amide bonds. The summed E-state index contributed by atoms with van der Waals surface area (Å²) in [4.78, 5) is 24.4. The minimum atomic E-state index is -0.504. The molecular formula is C17H16N6O2. The monoisotopic (exact) mass is 336 g/mol. The summed E-state index contributed by atoms with van der Waals surface area (Å²) < 4.78 is 0. The Morgan fingerprint density at radius 3 is 2.52 bits per heavy atom. The van der Waals surface area contributed by atoms with E-state index in [1.54, 1.807) is 24.3 Å². The molecule has 0 spiro atoms. The van der Waals surface area contributed by atoms with E-state index in [1.807, 2.05) is 31.2 Å². The van der Waals surface area contributed by atoms with Gasteiger partial charge in [0.15, 0.2) is 0 Å². The molecule has 8 heteroatoms. The molecule has 2 aromatic carbocycles. The van der Waals surface area contributed by atoms with Crippen molar-refractivity contribution >= 4 is 17.5 Å². The number of nitrogens with one attached hydrogen (secondary N) is 1. The fourth-order valence-corrected chi connectivity index (χ4v) is 2.24. The summed E-state index contributed by atoms with van der Waals surface area (Å²) in [6.45, 7) is 1.86. The van der Waals surface area contributed by atoms with Crippen LogP contribution in [0.5, 0.6) is 0 Å². The van der Waals surface area contributed by atoms with E-state index in [0.717, 1.165) is 11.3 Å². The summed E-state index contributed by atoms with van der Waals surface area (Å²) in [5.74, 6) is -0.391. The zero-order valence-electron chi connectivity index (χ0n) is 13.5. The first-order valence-electron chi connectivity index (χ1n) is 7.56. The van der Waals surface area contributed by atoms with Gasteiger partial charge in [-0.05, 0) is 35.9 Å². The van der Waals surface area contributed by atoms with Gasteiger partial charge in [-0.25, -0.2) is 0 Å². The smallest absolute Gasteiger partial charge is 0.248 e. The standard InChI is InChI=1S/C17H16N6O2/c1-11-4-2-3-5-14(11)19-15(24)10-23-21-17(20-22-23)13-8-6-12(7-9-13)16(18)25/h2-9H,10H2,1H3,(H2,18,25)(H,19,24). The maximum Gasteiger partial charge on any atom is 0.248 e. The molecule has 0 bridgehead atoms. The number of hydrogen-bond acceptors (Lipinski definition) is 5. The highest BCUT2D eigenvalue weighted by Crippen LogP contribution is 2.15. The number of nitrogens with zero attached hydrogens (tertiary/aromatic N) is 4. The minimum Gasteiger partial charge on any atom is -0.366 e. The predicted octanol–water partition coefficient (Wildman–Crippen LogP) is 1.39. The molecule has 0 aliphatic rings. The Balaban J connectivity index is 1.68. The predicted molar refractivity (Wildman–Crippen MR) is 91.6 cm³/mol. The van der Waals surface area contributed by atoms with E-state index in [-0.39, 0.29) is 12.5 Å². The lowest BCUT2D eigenvalue weighted by atomic mass is 10.1. The van der Waals surface area contributed by atoms with Gasteiger partial charge in [-0.1, -0.05) is 30.3 Å². The normalized spacial score (nSPS) is 10.4. The average Bonchev–Trinajstić information content (AvgIpc) is 3.05. The average molecular weight is 336 g/mol. The number of aryl methyl sites for hydroxylation is 1. The van der Waals surface area contributed by atoms with Crippen LogP contribution in [0.2, 0.25) is 0 Å². The highest BCUT2D eigenvalue weighted by Gasteiger charge is 2.11. The highest BCUT2D eigenvalue weighted by atomic mass is 16.2.